The average Bonchev–Trinajstić information content (AvgIpc) is 3.15. The van der Waals surface area contributed by atoms with E-state index in [1.54, 1.807) is 6.07 Å². The van der Waals surface area contributed by atoms with Crippen molar-refractivity contribution in [3.63, 3.8) is 0 Å². The molecule has 0 atom stereocenters. The summed E-state index contributed by atoms with van der Waals surface area (Å²) in [6, 6.07) is 12.3. The van der Waals surface area contributed by atoms with E-state index in [0.29, 0.717) is 0 Å². The molecule has 0 aliphatic carbocycles. The molecular weight excluding hydrogens is 358 g/mol. The van der Waals surface area contributed by atoms with Gasteiger partial charge in [0.05, 0.1) is 12.0 Å². The minimum Gasteiger partial charge on any atom is -0.459 e. The van der Waals surface area contributed by atoms with Gasteiger partial charge in [-0.1, -0.05) is 30.3 Å². The summed E-state index contributed by atoms with van der Waals surface area (Å²) < 4.78 is 31.2. The lowest BCUT2D eigenvalue weighted by Crippen LogP contribution is -2.35. The largest absolute Gasteiger partial charge is 0.459 e. The van der Waals surface area contributed by atoms with Crippen molar-refractivity contribution in [3.8, 4) is 0 Å². The lowest BCUT2D eigenvalue weighted by Gasteiger charge is -2.08. The second kappa shape index (κ2) is 9.73. The van der Waals surface area contributed by atoms with Gasteiger partial charge in [-0.25, -0.2) is 13.1 Å². The van der Waals surface area contributed by atoms with Gasteiger partial charge in [0, 0.05) is 26.1 Å². The van der Waals surface area contributed by atoms with Crippen LogP contribution in [0.25, 0.3) is 0 Å². The molecule has 2 rings (SSSR count). The van der Waals surface area contributed by atoms with Crippen LogP contribution >= 0.6 is 0 Å². The maximum absolute atomic E-state index is 11.9. The minimum absolute atomic E-state index is 0.00487. The molecule has 3 N–H and O–H groups in total. The Hall–Kier alpha value is -2.65. The Labute approximate surface area is 152 Å². The Morgan fingerprint density at radius 3 is 2.42 bits per heavy atom. The molecule has 0 saturated carbocycles. The fourth-order valence-corrected chi connectivity index (χ4v) is 2.96. The molecule has 2 amide bonds. The zero-order valence-corrected chi connectivity index (χ0v) is 14.9. The van der Waals surface area contributed by atoms with Gasteiger partial charge in [-0.15, -0.1) is 0 Å². The quantitative estimate of drug-likeness (QED) is 0.560. The van der Waals surface area contributed by atoms with E-state index in [1.807, 2.05) is 30.3 Å². The van der Waals surface area contributed by atoms with Crippen LogP contribution in [0.1, 0.15) is 22.5 Å². The van der Waals surface area contributed by atoms with Crippen LogP contribution in [0.5, 0.6) is 0 Å². The molecule has 0 saturated heterocycles. The summed E-state index contributed by atoms with van der Waals surface area (Å²) in [5.74, 6) is -0.802. The number of carbonyl (C=O) groups is 2. The Balaban J connectivity index is 1.60. The highest BCUT2D eigenvalue weighted by Crippen LogP contribution is 1.99. The molecule has 1 aromatic carbocycles. The Bertz CT molecular complexity index is 804. The summed E-state index contributed by atoms with van der Waals surface area (Å²) in [7, 11) is -3.49. The number of hydrogen-bond donors (Lipinski definition) is 3. The van der Waals surface area contributed by atoms with Crippen molar-refractivity contribution in [2.75, 3.05) is 18.8 Å². The monoisotopic (exact) mass is 379 g/mol. The average molecular weight is 379 g/mol. The highest BCUT2D eigenvalue weighted by molar-refractivity contribution is 7.89. The van der Waals surface area contributed by atoms with Crippen molar-refractivity contribution in [2.45, 2.75) is 13.0 Å². The van der Waals surface area contributed by atoms with Gasteiger partial charge in [-0.05, 0) is 17.7 Å². The van der Waals surface area contributed by atoms with Crippen LogP contribution in [-0.4, -0.2) is 39.1 Å². The topological polar surface area (TPSA) is 118 Å². The Morgan fingerprint density at radius 1 is 0.962 bits per heavy atom. The Morgan fingerprint density at radius 2 is 1.73 bits per heavy atom. The molecule has 0 radical (unpaired) electrons. The summed E-state index contributed by atoms with van der Waals surface area (Å²) >= 11 is 0. The van der Waals surface area contributed by atoms with Crippen LogP contribution < -0.4 is 15.4 Å². The minimum atomic E-state index is -3.49. The third-order valence-corrected chi connectivity index (χ3v) is 4.74. The third kappa shape index (κ3) is 7.08. The maximum Gasteiger partial charge on any atom is 0.286 e. The van der Waals surface area contributed by atoms with Crippen molar-refractivity contribution < 1.29 is 22.4 Å². The predicted molar refractivity (Wildman–Crippen MR) is 95.7 cm³/mol. The van der Waals surface area contributed by atoms with Gasteiger partial charge in [0.1, 0.15) is 0 Å². The van der Waals surface area contributed by atoms with Gasteiger partial charge in [-0.2, -0.15) is 0 Å². The molecule has 26 heavy (non-hydrogen) atoms. The summed E-state index contributed by atoms with van der Waals surface area (Å²) in [5, 5.41) is 5.05. The highest BCUT2D eigenvalue weighted by Gasteiger charge is 2.12. The maximum atomic E-state index is 11.9. The van der Waals surface area contributed by atoms with Crippen molar-refractivity contribution in [3.05, 3.63) is 60.1 Å². The molecule has 1 aromatic heterocycles. The number of rotatable bonds is 10. The SMILES string of the molecule is O=C(CCNC(=O)c1ccco1)NCCS(=O)(=O)NCc1ccccc1. The van der Waals surface area contributed by atoms with Crippen LogP contribution in [0, 0.1) is 0 Å². The standard InChI is InChI=1S/C17H21N3O5S/c21-16(8-9-19-17(22)15-7-4-11-25-15)18-10-12-26(23,24)20-13-14-5-2-1-3-6-14/h1-7,11,20H,8-10,12-13H2,(H,18,21)(H,19,22). The van der Waals surface area contributed by atoms with Gasteiger partial charge in [-0.3, -0.25) is 9.59 Å². The number of carbonyl (C=O) groups excluding carboxylic acids is 2. The molecule has 140 valence electrons. The first kappa shape index (κ1) is 19.7. The molecule has 1 heterocycles. The fraction of sp³-hybridized carbons (Fsp3) is 0.294. The summed E-state index contributed by atoms with van der Waals surface area (Å²) in [6.07, 6.45) is 1.43. The normalized spacial score (nSPS) is 11.1. The second-order valence-corrected chi connectivity index (χ2v) is 7.39. The van der Waals surface area contributed by atoms with E-state index in [9.17, 15) is 18.0 Å². The first-order valence-electron chi connectivity index (χ1n) is 8.06. The van der Waals surface area contributed by atoms with Crippen molar-refractivity contribution in [1.29, 1.82) is 0 Å². The summed E-state index contributed by atoms with van der Waals surface area (Å²) in [5.41, 5.74) is 0.854. The molecule has 0 aliphatic heterocycles. The van der Waals surface area contributed by atoms with Crippen molar-refractivity contribution in [2.24, 2.45) is 0 Å². The first-order chi connectivity index (χ1) is 12.5. The lowest BCUT2D eigenvalue weighted by molar-refractivity contribution is -0.120. The smallest absolute Gasteiger partial charge is 0.286 e. The number of sulfonamides is 1. The third-order valence-electron chi connectivity index (χ3n) is 3.41. The van der Waals surface area contributed by atoms with E-state index in [2.05, 4.69) is 15.4 Å². The van der Waals surface area contributed by atoms with E-state index >= 15 is 0 Å². The van der Waals surface area contributed by atoms with Crippen LogP contribution in [0.2, 0.25) is 0 Å². The number of benzene rings is 1. The molecule has 9 heteroatoms. The van der Waals surface area contributed by atoms with E-state index in [4.69, 9.17) is 4.42 Å². The number of furan rings is 1. The van der Waals surface area contributed by atoms with Gasteiger partial charge in [0.25, 0.3) is 5.91 Å². The molecular formula is C17H21N3O5S. The molecule has 0 fully saturated rings. The van der Waals surface area contributed by atoms with E-state index < -0.39 is 15.9 Å². The number of amides is 2. The molecule has 2 aromatic rings. The first-order valence-corrected chi connectivity index (χ1v) is 9.71. The molecule has 8 nitrogen and oxygen atoms in total. The molecule has 0 unspecified atom stereocenters. The predicted octanol–water partition coefficient (Wildman–Crippen LogP) is 0.635. The molecule has 0 bridgehead atoms. The molecule has 0 aliphatic rings. The van der Waals surface area contributed by atoms with Crippen LogP contribution in [0.3, 0.4) is 0 Å². The van der Waals surface area contributed by atoms with E-state index in [0.717, 1.165) is 5.56 Å². The van der Waals surface area contributed by atoms with Gasteiger partial charge < -0.3 is 15.1 Å². The fourth-order valence-electron chi connectivity index (χ4n) is 2.06. The highest BCUT2D eigenvalue weighted by atomic mass is 32.2. The van der Waals surface area contributed by atoms with E-state index in [1.165, 1.54) is 12.3 Å². The van der Waals surface area contributed by atoms with Gasteiger partial charge >= 0.3 is 0 Å². The summed E-state index contributed by atoms with van der Waals surface area (Å²) in [6.45, 7) is 0.329. The van der Waals surface area contributed by atoms with Gasteiger partial charge in [0.15, 0.2) is 5.76 Å². The molecule has 0 spiro atoms. The number of nitrogens with one attached hydrogen (secondary N) is 3. The van der Waals surface area contributed by atoms with Gasteiger partial charge in [0.2, 0.25) is 15.9 Å². The van der Waals surface area contributed by atoms with Crippen LogP contribution in [0.4, 0.5) is 0 Å². The summed E-state index contributed by atoms with van der Waals surface area (Å²) in [4.78, 5) is 23.3. The van der Waals surface area contributed by atoms with Crippen LogP contribution in [-0.2, 0) is 21.4 Å². The zero-order chi connectivity index (χ0) is 18.8. The lowest BCUT2D eigenvalue weighted by atomic mass is 10.2. The van der Waals surface area contributed by atoms with Crippen molar-refractivity contribution >= 4 is 21.8 Å². The second-order valence-electron chi connectivity index (χ2n) is 5.46. The number of hydrogen-bond acceptors (Lipinski definition) is 5. The zero-order valence-electron chi connectivity index (χ0n) is 14.1. The Kier molecular flexibility index (Phi) is 7.37. The van der Waals surface area contributed by atoms with E-state index in [-0.39, 0.29) is 43.5 Å². The van der Waals surface area contributed by atoms with Crippen molar-refractivity contribution in [1.82, 2.24) is 15.4 Å². The van der Waals surface area contributed by atoms with Crippen LogP contribution in [0.15, 0.2) is 53.1 Å².